The van der Waals surface area contributed by atoms with Gasteiger partial charge in [0.2, 0.25) is 0 Å². The summed E-state index contributed by atoms with van der Waals surface area (Å²) in [6.45, 7) is 5.09. The lowest BCUT2D eigenvalue weighted by molar-refractivity contribution is -0.128. The summed E-state index contributed by atoms with van der Waals surface area (Å²) >= 11 is 0. The van der Waals surface area contributed by atoms with Gasteiger partial charge in [0.05, 0.1) is 23.1 Å². The van der Waals surface area contributed by atoms with Crippen molar-refractivity contribution in [1.29, 1.82) is 5.26 Å². The Bertz CT molecular complexity index is 1230. The molecular formula is C22H21N5O4. The fourth-order valence-electron chi connectivity index (χ4n) is 2.87. The summed E-state index contributed by atoms with van der Waals surface area (Å²) in [6.07, 6.45) is -0.914. The minimum Gasteiger partial charge on any atom is -0.481 e. The smallest absolute Gasteiger partial charge is 0.290 e. The van der Waals surface area contributed by atoms with Gasteiger partial charge in [0, 0.05) is 5.39 Å². The van der Waals surface area contributed by atoms with Crippen molar-refractivity contribution in [2.75, 3.05) is 0 Å². The first-order chi connectivity index (χ1) is 14.8. The summed E-state index contributed by atoms with van der Waals surface area (Å²) in [7, 11) is 0. The van der Waals surface area contributed by atoms with E-state index in [2.05, 4.69) is 16.0 Å². The third kappa shape index (κ3) is 4.70. The van der Waals surface area contributed by atoms with Crippen LogP contribution in [0.25, 0.3) is 10.8 Å². The molecule has 0 fully saturated rings. The second kappa shape index (κ2) is 9.09. The molecule has 1 aromatic heterocycles. The molecular weight excluding hydrogens is 398 g/mol. The average Bonchev–Trinajstić information content (AvgIpc) is 2.77. The van der Waals surface area contributed by atoms with Crippen LogP contribution in [0.5, 0.6) is 5.75 Å². The molecule has 3 rings (SSSR count). The molecule has 2 amide bonds. The number of nitrogens with one attached hydrogen (secondary N) is 2. The van der Waals surface area contributed by atoms with Crippen molar-refractivity contribution in [1.82, 2.24) is 20.6 Å². The Morgan fingerprint density at radius 1 is 1.03 bits per heavy atom. The van der Waals surface area contributed by atoms with Crippen LogP contribution < -0.4 is 21.1 Å². The van der Waals surface area contributed by atoms with E-state index < -0.39 is 17.9 Å². The molecule has 0 aliphatic carbocycles. The molecule has 3 aromatic rings. The van der Waals surface area contributed by atoms with E-state index in [0.29, 0.717) is 22.1 Å². The fourth-order valence-corrected chi connectivity index (χ4v) is 2.87. The summed E-state index contributed by atoms with van der Waals surface area (Å²) < 4.78 is 6.75. The van der Waals surface area contributed by atoms with Crippen LogP contribution in [0.1, 0.15) is 42.9 Å². The van der Waals surface area contributed by atoms with Crippen LogP contribution in [0.15, 0.2) is 53.3 Å². The number of nitriles is 1. The number of hydrazine groups is 1. The third-order valence-corrected chi connectivity index (χ3v) is 4.50. The molecule has 0 bridgehead atoms. The summed E-state index contributed by atoms with van der Waals surface area (Å²) in [4.78, 5) is 37.6. The van der Waals surface area contributed by atoms with Gasteiger partial charge in [0.1, 0.15) is 5.75 Å². The Morgan fingerprint density at radius 2 is 1.68 bits per heavy atom. The summed E-state index contributed by atoms with van der Waals surface area (Å²) in [5.41, 5.74) is 4.82. The Balaban J connectivity index is 1.73. The van der Waals surface area contributed by atoms with Crippen molar-refractivity contribution in [3.8, 4) is 11.8 Å². The van der Waals surface area contributed by atoms with E-state index in [1.54, 1.807) is 62.4 Å². The van der Waals surface area contributed by atoms with E-state index >= 15 is 0 Å². The van der Waals surface area contributed by atoms with Crippen LogP contribution in [0, 0.1) is 11.3 Å². The Hall–Kier alpha value is -4.19. The Morgan fingerprint density at radius 3 is 2.29 bits per heavy atom. The number of ether oxygens (including phenoxy) is 1. The van der Waals surface area contributed by atoms with Crippen molar-refractivity contribution in [2.24, 2.45) is 0 Å². The number of rotatable bonds is 5. The van der Waals surface area contributed by atoms with Crippen LogP contribution in [-0.4, -0.2) is 27.7 Å². The average molecular weight is 419 g/mol. The van der Waals surface area contributed by atoms with Gasteiger partial charge in [-0.3, -0.25) is 25.2 Å². The number of fused-ring (bicyclic) bond motifs is 1. The fraction of sp³-hybridized carbons (Fsp3) is 0.227. The minimum atomic E-state index is -0.914. The largest absolute Gasteiger partial charge is 0.481 e. The number of nitrogens with zero attached hydrogens (tertiary/aromatic N) is 3. The van der Waals surface area contributed by atoms with Crippen molar-refractivity contribution in [3.63, 3.8) is 0 Å². The van der Waals surface area contributed by atoms with Gasteiger partial charge < -0.3 is 4.74 Å². The summed E-state index contributed by atoms with van der Waals surface area (Å²) in [6, 6.07) is 14.7. The van der Waals surface area contributed by atoms with Gasteiger partial charge in [-0.2, -0.15) is 10.4 Å². The molecule has 0 saturated heterocycles. The highest BCUT2D eigenvalue weighted by Crippen LogP contribution is 2.15. The van der Waals surface area contributed by atoms with Crippen LogP contribution in [0.4, 0.5) is 0 Å². The maximum atomic E-state index is 12.7. The highest BCUT2D eigenvalue weighted by molar-refractivity contribution is 6.05. The topological polar surface area (TPSA) is 126 Å². The zero-order chi connectivity index (χ0) is 22.5. The van der Waals surface area contributed by atoms with Gasteiger partial charge in [-0.15, -0.1) is 0 Å². The lowest BCUT2D eigenvalue weighted by atomic mass is 10.1. The first kappa shape index (κ1) is 21.5. The first-order valence-electron chi connectivity index (χ1n) is 9.60. The van der Waals surface area contributed by atoms with Crippen molar-refractivity contribution in [3.05, 3.63) is 70.1 Å². The van der Waals surface area contributed by atoms with Crippen LogP contribution >= 0.6 is 0 Å². The SMILES string of the molecule is CC(Oc1ccc(C#N)cc1)C(=O)NNC(=O)c1nn(C(C)C)c(=O)c2ccccc12. The molecule has 2 aromatic carbocycles. The lowest BCUT2D eigenvalue weighted by Crippen LogP contribution is -2.47. The number of aromatic nitrogens is 2. The molecule has 1 heterocycles. The number of benzene rings is 2. The van der Waals surface area contributed by atoms with Gasteiger partial charge in [-0.05, 0) is 51.1 Å². The zero-order valence-corrected chi connectivity index (χ0v) is 17.2. The maximum absolute atomic E-state index is 12.7. The molecule has 1 unspecified atom stereocenters. The molecule has 9 nitrogen and oxygen atoms in total. The molecule has 1 atom stereocenters. The van der Waals surface area contributed by atoms with E-state index in [1.165, 1.54) is 11.6 Å². The summed E-state index contributed by atoms with van der Waals surface area (Å²) in [5, 5.41) is 13.8. The summed E-state index contributed by atoms with van der Waals surface area (Å²) in [5.74, 6) is -0.839. The molecule has 0 spiro atoms. The van der Waals surface area contributed by atoms with Crippen molar-refractivity contribution < 1.29 is 14.3 Å². The van der Waals surface area contributed by atoms with Gasteiger partial charge in [-0.1, -0.05) is 18.2 Å². The molecule has 0 aliphatic heterocycles. The molecule has 158 valence electrons. The molecule has 0 radical (unpaired) electrons. The van der Waals surface area contributed by atoms with Gasteiger partial charge in [0.25, 0.3) is 17.4 Å². The normalized spacial score (nSPS) is 11.6. The molecule has 0 aliphatic rings. The Labute approximate surface area is 178 Å². The van der Waals surface area contributed by atoms with Gasteiger partial charge in [0.15, 0.2) is 11.8 Å². The predicted molar refractivity (Wildman–Crippen MR) is 113 cm³/mol. The quantitative estimate of drug-likeness (QED) is 0.610. The first-order valence-corrected chi connectivity index (χ1v) is 9.60. The highest BCUT2D eigenvalue weighted by Gasteiger charge is 2.20. The van der Waals surface area contributed by atoms with Crippen molar-refractivity contribution in [2.45, 2.75) is 32.9 Å². The Kier molecular flexibility index (Phi) is 6.31. The predicted octanol–water partition coefficient (Wildman–Crippen LogP) is 2.08. The van der Waals surface area contributed by atoms with Gasteiger partial charge >= 0.3 is 0 Å². The highest BCUT2D eigenvalue weighted by atomic mass is 16.5. The van der Waals surface area contributed by atoms with Crippen LogP contribution in [0.3, 0.4) is 0 Å². The molecule has 31 heavy (non-hydrogen) atoms. The van der Waals surface area contributed by atoms with E-state index in [4.69, 9.17) is 10.00 Å². The lowest BCUT2D eigenvalue weighted by Gasteiger charge is -2.16. The van der Waals surface area contributed by atoms with Crippen LogP contribution in [-0.2, 0) is 4.79 Å². The molecule has 0 saturated carbocycles. The van der Waals surface area contributed by atoms with Crippen molar-refractivity contribution >= 4 is 22.6 Å². The second-order valence-corrected chi connectivity index (χ2v) is 7.08. The molecule has 9 heteroatoms. The standard InChI is InChI=1S/C22H21N5O4/c1-13(2)27-22(30)18-7-5-4-6-17(18)19(26-27)21(29)25-24-20(28)14(3)31-16-10-8-15(12-23)9-11-16/h4-11,13-14H,1-3H3,(H,24,28)(H,25,29). The number of carbonyl (C=O) groups excluding carboxylic acids is 2. The monoisotopic (exact) mass is 419 g/mol. The van der Waals surface area contributed by atoms with Gasteiger partial charge in [-0.25, -0.2) is 4.68 Å². The second-order valence-electron chi connectivity index (χ2n) is 7.08. The molecule has 2 N–H and O–H groups in total. The number of hydrogen-bond acceptors (Lipinski definition) is 6. The van der Waals surface area contributed by atoms with E-state index in [1.807, 2.05) is 6.07 Å². The third-order valence-electron chi connectivity index (χ3n) is 4.50. The number of carbonyl (C=O) groups is 2. The minimum absolute atomic E-state index is 0.0184. The van der Waals surface area contributed by atoms with E-state index in [0.717, 1.165) is 0 Å². The maximum Gasteiger partial charge on any atom is 0.290 e. The number of amides is 2. The van der Waals surface area contributed by atoms with Crippen LogP contribution in [0.2, 0.25) is 0 Å². The number of hydrogen-bond donors (Lipinski definition) is 2. The van der Waals surface area contributed by atoms with E-state index in [9.17, 15) is 14.4 Å². The zero-order valence-electron chi connectivity index (χ0n) is 17.2. The van der Waals surface area contributed by atoms with E-state index in [-0.39, 0.29) is 17.3 Å².